The fourth-order valence-corrected chi connectivity index (χ4v) is 5.93. The summed E-state index contributed by atoms with van der Waals surface area (Å²) in [4.78, 5) is 0. The second kappa shape index (κ2) is 9.16. The lowest BCUT2D eigenvalue weighted by atomic mass is 9.61. The fourth-order valence-electron chi connectivity index (χ4n) is 5.93. The van der Waals surface area contributed by atoms with E-state index in [1.54, 1.807) is 0 Å². The van der Waals surface area contributed by atoms with Crippen LogP contribution in [0.25, 0.3) is 0 Å². The number of hydrogen-bond acceptors (Lipinski definition) is 4. The summed E-state index contributed by atoms with van der Waals surface area (Å²) in [5, 5.41) is 20.9. The van der Waals surface area contributed by atoms with E-state index in [-0.39, 0.29) is 36.1 Å². The third kappa shape index (κ3) is 4.58. The Morgan fingerprint density at radius 2 is 1.12 bits per heavy atom. The van der Waals surface area contributed by atoms with E-state index in [0.717, 1.165) is 44.9 Å². The zero-order valence-corrected chi connectivity index (χ0v) is 16.8. The molecule has 0 aromatic carbocycles. The molecule has 2 aliphatic rings. The van der Waals surface area contributed by atoms with Gasteiger partial charge in [-0.25, -0.2) is 0 Å². The summed E-state index contributed by atoms with van der Waals surface area (Å²) in [6, 6.07) is -0.197. The van der Waals surface area contributed by atoms with Crippen LogP contribution in [0.4, 0.5) is 0 Å². The van der Waals surface area contributed by atoms with Gasteiger partial charge in [0.05, 0.1) is 12.2 Å². The molecule has 0 spiro atoms. The van der Waals surface area contributed by atoms with E-state index in [9.17, 15) is 10.2 Å². The lowest BCUT2D eigenvalue weighted by molar-refractivity contribution is -0.0358. The van der Waals surface area contributed by atoms with Gasteiger partial charge in [-0.2, -0.15) is 0 Å². The van der Waals surface area contributed by atoms with Gasteiger partial charge >= 0.3 is 0 Å². The van der Waals surface area contributed by atoms with Gasteiger partial charge in [-0.1, -0.05) is 40.5 Å². The molecule has 2 fully saturated rings. The first-order chi connectivity index (χ1) is 11.8. The Bertz CT molecular complexity index is 369. The second-order valence-corrected chi connectivity index (χ2v) is 9.22. The van der Waals surface area contributed by atoms with Crippen molar-refractivity contribution < 1.29 is 10.2 Å². The molecule has 2 aliphatic carbocycles. The number of rotatable bonds is 6. The van der Waals surface area contributed by atoms with Crippen LogP contribution in [0.1, 0.15) is 72.6 Å². The van der Waals surface area contributed by atoms with Crippen LogP contribution in [0.2, 0.25) is 0 Å². The van der Waals surface area contributed by atoms with Gasteiger partial charge < -0.3 is 21.7 Å². The molecule has 0 radical (unpaired) electrons. The summed E-state index contributed by atoms with van der Waals surface area (Å²) in [6.45, 7) is 8.70. The van der Waals surface area contributed by atoms with E-state index in [0.29, 0.717) is 23.7 Å². The molecule has 0 aromatic rings. The van der Waals surface area contributed by atoms with Crippen LogP contribution < -0.4 is 11.5 Å². The minimum atomic E-state index is -0.367. The Morgan fingerprint density at radius 3 is 1.44 bits per heavy atom. The van der Waals surface area contributed by atoms with E-state index >= 15 is 0 Å². The van der Waals surface area contributed by atoms with Crippen molar-refractivity contribution in [3.63, 3.8) is 0 Å². The lowest BCUT2D eigenvalue weighted by Gasteiger charge is -2.48. The smallest absolute Gasteiger partial charge is 0.0719 e. The fraction of sp³-hybridized carbons (Fsp3) is 1.00. The predicted molar refractivity (Wildman–Crippen MR) is 104 cm³/mol. The third-order valence-electron chi connectivity index (χ3n) is 7.35. The van der Waals surface area contributed by atoms with Crippen LogP contribution in [0.5, 0.6) is 0 Å². The maximum Gasteiger partial charge on any atom is 0.0719 e. The van der Waals surface area contributed by atoms with Gasteiger partial charge in [0.25, 0.3) is 0 Å². The Kier molecular flexibility index (Phi) is 7.75. The van der Waals surface area contributed by atoms with Gasteiger partial charge in [0, 0.05) is 12.1 Å². The molecule has 0 bridgehead atoms. The average molecular weight is 355 g/mol. The van der Waals surface area contributed by atoms with Gasteiger partial charge in [-0.05, 0) is 67.6 Å². The van der Waals surface area contributed by atoms with E-state index in [4.69, 9.17) is 11.5 Å². The van der Waals surface area contributed by atoms with E-state index in [1.165, 1.54) is 0 Å². The summed E-state index contributed by atoms with van der Waals surface area (Å²) in [6.07, 6.45) is 7.01. The van der Waals surface area contributed by atoms with Crippen LogP contribution in [0.3, 0.4) is 0 Å². The maximum atomic E-state index is 10.4. The molecule has 0 amide bonds. The highest BCUT2D eigenvalue weighted by Crippen LogP contribution is 2.45. The molecule has 0 saturated heterocycles. The Balaban J connectivity index is 2.15. The first-order valence-electron chi connectivity index (χ1n) is 10.7. The lowest BCUT2D eigenvalue weighted by Crippen LogP contribution is -2.54. The first-order valence-corrected chi connectivity index (χ1v) is 10.7. The number of hydrogen-bond donors (Lipinski definition) is 4. The van der Waals surface area contributed by atoms with Crippen molar-refractivity contribution in [3.8, 4) is 0 Å². The molecule has 0 aromatic heterocycles. The number of aliphatic hydroxyl groups is 2. The van der Waals surface area contributed by atoms with Gasteiger partial charge in [0.1, 0.15) is 0 Å². The van der Waals surface area contributed by atoms with Crippen LogP contribution in [-0.2, 0) is 0 Å². The molecule has 10 atom stereocenters. The van der Waals surface area contributed by atoms with Gasteiger partial charge in [-0.15, -0.1) is 0 Å². The molecule has 25 heavy (non-hydrogen) atoms. The zero-order valence-electron chi connectivity index (χ0n) is 16.8. The Hall–Kier alpha value is -0.160. The zero-order chi connectivity index (χ0) is 18.7. The summed E-state index contributed by atoms with van der Waals surface area (Å²) in [5.41, 5.74) is 12.9. The van der Waals surface area contributed by atoms with Crippen molar-refractivity contribution in [3.05, 3.63) is 0 Å². The predicted octanol–water partition coefficient (Wildman–Crippen LogP) is 2.90. The van der Waals surface area contributed by atoms with Crippen molar-refractivity contribution in [1.29, 1.82) is 0 Å². The number of aliphatic hydroxyl groups excluding tert-OH is 2. The number of nitrogens with two attached hydrogens (primary N) is 2. The SMILES string of the molecule is CCCC1C(CC2CC(C)C(O)C(N)C2CCC)CC(C)C(O)C1N. The highest BCUT2D eigenvalue weighted by Gasteiger charge is 2.44. The quantitative estimate of drug-likeness (QED) is 0.590. The minimum absolute atomic E-state index is 0.0985. The molecule has 6 N–H and O–H groups in total. The summed E-state index contributed by atoms with van der Waals surface area (Å²) in [7, 11) is 0. The molecule has 148 valence electrons. The molecule has 4 nitrogen and oxygen atoms in total. The summed E-state index contributed by atoms with van der Waals surface area (Å²) in [5.74, 6) is 2.53. The minimum Gasteiger partial charge on any atom is -0.391 e. The standard InChI is InChI=1S/C21H42N2O2/c1-5-7-16-14(9-12(3)20(24)18(16)22)11-15-10-13(4)21(25)19(23)17(15)8-6-2/h12-21,24-25H,5-11,22-23H2,1-4H3. The van der Waals surface area contributed by atoms with Crippen molar-refractivity contribution in [2.24, 2.45) is 47.0 Å². The monoisotopic (exact) mass is 354 g/mol. The summed E-state index contributed by atoms with van der Waals surface area (Å²) < 4.78 is 0. The second-order valence-electron chi connectivity index (χ2n) is 9.22. The maximum absolute atomic E-state index is 10.4. The van der Waals surface area contributed by atoms with Crippen LogP contribution in [-0.4, -0.2) is 34.5 Å². The summed E-state index contributed by atoms with van der Waals surface area (Å²) >= 11 is 0. The normalized spacial score (nSPS) is 48.5. The largest absolute Gasteiger partial charge is 0.391 e. The molecule has 2 rings (SSSR count). The third-order valence-corrected chi connectivity index (χ3v) is 7.35. The van der Waals surface area contributed by atoms with E-state index < -0.39 is 0 Å². The van der Waals surface area contributed by atoms with E-state index in [2.05, 4.69) is 27.7 Å². The van der Waals surface area contributed by atoms with Crippen molar-refractivity contribution in [1.82, 2.24) is 0 Å². The highest BCUT2D eigenvalue weighted by atomic mass is 16.3. The van der Waals surface area contributed by atoms with Crippen LogP contribution in [0, 0.1) is 35.5 Å². The van der Waals surface area contributed by atoms with E-state index in [1.807, 2.05) is 0 Å². The van der Waals surface area contributed by atoms with Crippen molar-refractivity contribution in [2.75, 3.05) is 0 Å². The molecule has 2 saturated carbocycles. The molecule has 0 heterocycles. The van der Waals surface area contributed by atoms with Crippen LogP contribution in [0.15, 0.2) is 0 Å². The van der Waals surface area contributed by atoms with Crippen LogP contribution >= 0.6 is 0 Å². The molecular formula is C21H42N2O2. The average Bonchev–Trinajstić information content (AvgIpc) is 2.58. The molecular weight excluding hydrogens is 312 g/mol. The highest BCUT2D eigenvalue weighted by molar-refractivity contribution is 4.98. The van der Waals surface area contributed by atoms with Gasteiger partial charge in [0.15, 0.2) is 0 Å². The van der Waals surface area contributed by atoms with Crippen molar-refractivity contribution >= 4 is 0 Å². The molecule has 4 heteroatoms. The van der Waals surface area contributed by atoms with Gasteiger partial charge in [-0.3, -0.25) is 0 Å². The first kappa shape index (κ1) is 21.1. The Labute approximate surface area is 154 Å². The van der Waals surface area contributed by atoms with Crippen molar-refractivity contribution in [2.45, 2.75) is 96.9 Å². The molecule has 0 aliphatic heterocycles. The van der Waals surface area contributed by atoms with Gasteiger partial charge in [0.2, 0.25) is 0 Å². The molecule has 10 unspecified atom stereocenters. The topological polar surface area (TPSA) is 92.5 Å². The Morgan fingerprint density at radius 1 is 0.760 bits per heavy atom.